The quantitative estimate of drug-likeness (QED) is 0.451. The summed E-state index contributed by atoms with van der Waals surface area (Å²) in [6.07, 6.45) is -0.439. The highest BCUT2D eigenvalue weighted by atomic mass is 16.6. The van der Waals surface area contributed by atoms with Gasteiger partial charge in [-0.3, -0.25) is 5.43 Å². The lowest BCUT2D eigenvalue weighted by Gasteiger charge is -2.23. The number of nitrogens with zero attached hydrogens (tertiary/aromatic N) is 1. The Hall–Kier alpha value is -0.810. The number of hydrogen-bond acceptors (Lipinski definition) is 3. The molecule has 0 aliphatic rings. The fourth-order valence-corrected chi connectivity index (χ4v) is 0.550. The predicted octanol–water partition coefficient (Wildman–Crippen LogP) is -0.447. The highest BCUT2D eigenvalue weighted by Crippen LogP contribution is 1.89. The van der Waals surface area contributed by atoms with Gasteiger partial charge in [0.1, 0.15) is 13.2 Å². The first kappa shape index (κ1) is 11.2. The fraction of sp³-hybridized carbons (Fsp3) is 0.857. The summed E-state index contributed by atoms with van der Waals surface area (Å²) >= 11 is 0. The average Bonchev–Trinajstić information content (AvgIpc) is 1.84. The zero-order valence-corrected chi connectivity index (χ0v) is 8.18. The number of carbonyl (C=O) groups is 1. The van der Waals surface area contributed by atoms with Crippen LogP contribution in [0, 0.1) is 0 Å². The van der Waals surface area contributed by atoms with Crippen LogP contribution in [0.15, 0.2) is 0 Å². The first-order valence-electron chi connectivity index (χ1n) is 3.85. The molecule has 0 fully saturated rings. The van der Waals surface area contributed by atoms with Gasteiger partial charge in [0.05, 0.1) is 21.1 Å². The van der Waals surface area contributed by atoms with Gasteiger partial charge < -0.3 is 9.22 Å². The highest BCUT2D eigenvalue weighted by Gasteiger charge is 2.07. The molecule has 0 aromatic carbocycles. The first-order valence-corrected chi connectivity index (χ1v) is 3.85. The van der Waals surface area contributed by atoms with Gasteiger partial charge in [-0.2, -0.15) is 0 Å². The molecule has 5 nitrogen and oxygen atoms in total. The van der Waals surface area contributed by atoms with E-state index in [4.69, 9.17) is 4.74 Å². The molecular weight excluding hydrogens is 158 g/mol. The average molecular weight is 176 g/mol. The van der Waals surface area contributed by atoms with Crippen molar-refractivity contribution in [1.29, 1.82) is 0 Å². The summed E-state index contributed by atoms with van der Waals surface area (Å²) in [7, 11) is 7.74. The Bertz CT molecular complexity index is 142. The molecule has 0 rings (SSSR count). The standard InChI is InChI=1S/C7H17N3O2/c1-8-9-7(11)12-6-5-10(2,3)4/h8H,5-6H2,1-4H3/p+1. The van der Waals surface area contributed by atoms with E-state index in [1.165, 1.54) is 0 Å². The number of rotatable bonds is 4. The summed E-state index contributed by atoms with van der Waals surface area (Å²) < 4.78 is 5.61. The molecule has 0 saturated heterocycles. The van der Waals surface area contributed by atoms with E-state index in [0.717, 1.165) is 11.0 Å². The molecule has 72 valence electrons. The van der Waals surface area contributed by atoms with E-state index in [1.807, 2.05) is 21.1 Å². The van der Waals surface area contributed by atoms with Crippen LogP contribution in [0.1, 0.15) is 0 Å². The summed E-state index contributed by atoms with van der Waals surface area (Å²) in [5.74, 6) is 0. The molecule has 0 radical (unpaired) electrons. The largest absolute Gasteiger partial charge is 0.443 e. The van der Waals surface area contributed by atoms with Gasteiger partial charge in [0.15, 0.2) is 0 Å². The molecule has 0 heterocycles. The normalized spacial score (nSPS) is 11.0. The Morgan fingerprint density at radius 3 is 2.42 bits per heavy atom. The van der Waals surface area contributed by atoms with Crippen molar-refractivity contribution >= 4 is 6.09 Å². The zero-order chi connectivity index (χ0) is 9.61. The molecular formula is C7H18N3O2+. The summed E-state index contributed by atoms with van der Waals surface area (Å²) in [5.41, 5.74) is 4.80. The van der Waals surface area contributed by atoms with Gasteiger partial charge in [-0.1, -0.05) is 0 Å². The Morgan fingerprint density at radius 1 is 1.42 bits per heavy atom. The highest BCUT2D eigenvalue weighted by molar-refractivity contribution is 5.66. The fourth-order valence-electron chi connectivity index (χ4n) is 0.550. The maximum absolute atomic E-state index is 10.7. The van der Waals surface area contributed by atoms with E-state index in [1.54, 1.807) is 7.05 Å². The minimum Gasteiger partial charge on any atom is -0.443 e. The zero-order valence-electron chi connectivity index (χ0n) is 8.18. The topological polar surface area (TPSA) is 50.4 Å². The van der Waals surface area contributed by atoms with Gasteiger partial charge in [0.25, 0.3) is 0 Å². The molecule has 1 amide bonds. The smallest absolute Gasteiger partial charge is 0.421 e. The van der Waals surface area contributed by atoms with E-state index in [9.17, 15) is 4.79 Å². The van der Waals surface area contributed by atoms with Crippen LogP contribution < -0.4 is 10.9 Å². The maximum atomic E-state index is 10.7. The van der Waals surface area contributed by atoms with Gasteiger partial charge in [-0.25, -0.2) is 10.2 Å². The molecule has 2 N–H and O–H groups in total. The number of amides is 1. The van der Waals surface area contributed by atoms with Crippen molar-refractivity contribution < 1.29 is 14.0 Å². The van der Waals surface area contributed by atoms with Crippen molar-refractivity contribution in [3.8, 4) is 0 Å². The number of nitrogens with one attached hydrogen (secondary N) is 2. The van der Waals surface area contributed by atoms with Crippen molar-refractivity contribution in [3.05, 3.63) is 0 Å². The minimum absolute atomic E-state index is 0.428. The van der Waals surface area contributed by atoms with Crippen molar-refractivity contribution in [1.82, 2.24) is 10.9 Å². The molecule has 0 atom stereocenters. The molecule has 5 heteroatoms. The third-order valence-corrected chi connectivity index (χ3v) is 1.22. The molecule has 0 aromatic heterocycles. The van der Waals surface area contributed by atoms with Crippen LogP contribution in [0.4, 0.5) is 4.79 Å². The van der Waals surface area contributed by atoms with E-state index in [-0.39, 0.29) is 0 Å². The van der Waals surface area contributed by atoms with Crippen LogP contribution in [-0.4, -0.2) is 51.9 Å². The third-order valence-electron chi connectivity index (χ3n) is 1.22. The summed E-state index contributed by atoms with van der Waals surface area (Å²) in [6.45, 7) is 1.23. The molecule has 12 heavy (non-hydrogen) atoms. The monoisotopic (exact) mass is 176 g/mol. The van der Waals surface area contributed by atoms with Crippen LogP contribution >= 0.6 is 0 Å². The number of likely N-dealkylation sites (N-methyl/N-ethyl adjacent to an activating group) is 1. The second-order valence-electron chi connectivity index (χ2n) is 3.52. The number of carbonyl (C=O) groups excluding carboxylic acids is 1. The molecule has 0 saturated carbocycles. The number of ether oxygens (including phenoxy) is 1. The summed E-state index contributed by atoms with van der Waals surface area (Å²) in [4.78, 5) is 10.7. The minimum atomic E-state index is -0.439. The Morgan fingerprint density at radius 2 is 2.00 bits per heavy atom. The second-order valence-corrected chi connectivity index (χ2v) is 3.52. The van der Waals surface area contributed by atoms with E-state index in [0.29, 0.717) is 6.61 Å². The van der Waals surface area contributed by atoms with Crippen LogP contribution in [0.25, 0.3) is 0 Å². The lowest BCUT2D eigenvalue weighted by molar-refractivity contribution is -0.870. The van der Waals surface area contributed by atoms with Crippen LogP contribution in [0.5, 0.6) is 0 Å². The number of hydrazine groups is 1. The molecule has 0 aliphatic carbocycles. The van der Waals surface area contributed by atoms with Crippen LogP contribution in [0.2, 0.25) is 0 Å². The van der Waals surface area contributed by atoms with E-state index >= 15 is 0 Å². The third kappa shape index (κ3) is 7.30. The molecule has 0 aromatic rings. The Balaban J connectivity index is 3.37. The SMILES string of the molecule is CNNC(=O)OCC[N+](C)(C)C. The van der Waals surface area contributed by atoms with Crippen molar-refractivity contribution in [2.45, 2.75) is 0 Å². The Labute approximate surface area is 73.2 Å². The van der Waals surface area contributed by atoms with Crippen molar-refractivity contribution in [2.75, 3.05) is 41.3 Å². The Kier molecular flexibility index (Phi) is 4.61. The van der Waals surface area contributed by atoms with Crippen molar-refractivity contribution in [3.63, 3.8) is 0 Å². The number of quaternary nitrogens is 1. The van der Waals surface area contributed by atoms with Gasteiger partial charge in [-0.15, -0.1) is 0 Å². The van der Waals surface area contributed by atoms with E-state index < -0.39 is 6.09 Å². The van der Waals surface area contributed by atoms with Gasteiger partial charge in [0, 0.05) is 7.05 Å². The lowest BCUT2D eigenvalue weighted by atomic mass is 10.5. The molecule has 0 spiro atoms. The van der Waals surface area contributed by atoms with E-state index in [2.05, 4.69) is 10.9 Å². The second kappa shape index (κ2) is 4.95. The first-order chi connectivity index (χ1) is 5.45. The molecule has 0 unspecified atom stereocenters. The lowest BCUT2D eigenvalue weighted by Crippen LogP contribution is -2.40. The van der Waals surface area contributed by atoms with Gasteiger partial charge in [0.2, 0.25) is 0 Å². The van der Waals surface area contributed by atoms with Crippen LogP contribution in [-0.2, 0) is 4.74 Å². The predicted molar refractivity (Wildman–Crippen MR) is 46.4 cm³/mol. The molecule has 0 aliphatic heterocycles. The van der Waals surface area contributed by atoms with Crippen LogP contribution in [0.3, 0.4) is 0 Å². The molecule has 0 bridgehead atoms. The summed E-state index contributed by atoms with van der Waals surface area (Å²) in [5, 5.41) is 0. The van der Waals surface area contributed by atoms with Crippen molar-refractivity contribution in [2.24, 2.45) is 0 Å². The maximum Gasteiger partial charge on any atom is 0.421 e. The van der Waals surface area contributed by atoms with Gasteiger partial charge in [-0.05, 0) is 0 Å². The summed E-state index contributed by atoms with van der Waals surface area (Å²) in [6, 6.07) is 0. The number of hydrogen-bond donors (Lipinski definition) is 2. The van der Waals surface area contributed by atoms with Gasteiger partial charge >= 0.3 is 6.09 Å².